The predicted octanol–water partition coefficient (Wildman–Crippen LogP) is 1.92. The third kappa shape index (κ3) is 6.57. The highest BCUT2D eigenvalue weighted by Gasteiger charge is 2.35. The summed E-state index contributed by atoms with van der Waals surface area (Å²) < 4.78 is 46.2. The fourth-order valence-corrected chi connectivity index (χ4v) is 3.74. The highest BCUT2D eigenvalue weighted by atomic mass is 19.4. The van der Waals surface area contributed by atoms with E-state index in [1.807, 2.05) is 34.1 Å². The summed E-state index contributed by atoms with van der Waals surface area (Å²) in [6, 6.07) is 7.91. The van der Waals surface area contributed by atoms with Crippen molar-refractivity contribution in [2.45, 2.75) is 37.1 Å². The molecule has 2 aliphatic rings. The van der Waals surface area contributed by atoms with Crippen LogP contribution in [0.4, 0.5) is 18.9 Å². The van der Waals surface area contributed by atoms with Gasteiger partial charge >= 0.3 is 6.18 Å². The number of amides is 1. The van der Waals surface area contributed by atoms with Gasteiger partial charge in [0, 0.05) is 50.2 Å². The van der Waals surface area contributed by atoms with Gasteiger partial charge in [0.1, 0.15) is 13.2 Å². The normalized spacial score (nSPS) is 18.3. The van der Waals surface area contributed by atoms with Crippen molar-refractivity contribution in [3.8, 4) is 0 Å². The number of halogens is 3. The maximum absolute atomic E-state index is 12.3. The van der Waals surface area contributed by atoms with Crippen LogP contribution in [-0.4, -0.2) is 82.0 Å². The van der Waals surface area contributed by atoms with E-state index in [1.54, 1.807) is 7.05 Å². The zero-order valence-electron chi connectivity index (χ0n) is 17.4. The molecule has 0 bridgehead atoms. The Morgan fingerprint density at radius 2 is 1.90 bits per heavy atom. The molecular weight excluding hydrogens is 415 g/mol. The van der Waals surface area contributed by atoms with Gasteiger partial charge in [-0.15, -0.1) is 0 Å². The zero-order chi connectivity index (χ0) is 22.4. The van der Waals surface area contributed by atoms with E-state index in [4.69, 9.17) is 9.47 Å². The monoisotopic (exact) mass is 443 g/mol. The molecule has 1 unspecified atom stereocenters. The minimum Gasteiger partial charge on any atom is -0.466 e. The Balaban J connectivity index is 1.37. The maximum Gasteiger partial charge on any atom is 0.411 e. The molecule has 31 heavy (non-hydrogen) atoms. The van der Waals surface area contributed by atoms with Crippen LogP contribution in [-0.2, 0) is 19.1 Å². The number of likely N-dealkylation sites (N-methyl/N-ethyl adjacent to an activating group) is 1. The van der Waals surface area contributed by atoms with Gasteiger partial charge in [-0.2, -0.15) is 13.2 Å². The van der Waals surface area contributed by atoms with Crippen LogP contribution in [0, 0.1) is 0 Å². The molecule has 2 fully saturated rings. The quantitative estimate of drug-likeness (QED) is 0.527. The average Bonchev–Trinajstić information content (AvgIpc) is 2.66. The SMILES string of the molecule is CNC(CCC(=O)N1CC(c2ccc(N3CC(OCC(F)(F)F)C3)cc2)C1)COC=O. The van der Waals surface area contributed by atoms with Gasteiger partial charge in [-0.25, -0.2) is 0 Å². The number of nitrogens with one attached hydrogen (secondary N) is 1. The lowest BCUT2D eigenvalue weighted by molar-refractivity contribution is -0.187. The molecule has 3 rings (SSSR count). The number of rotatable bonds is 11. The fourth-order valence-electron chi connectivity index (χ4n) is 3.74. The summed E-state index contributed by atoms with van der Waals surface area (Å²) in [5.41, 5.74) is 2.10. The molecule has 1 aromatic carbocycles. The number of nitrogens with zero attached hydrogens (tertiary/aromatic N) is 2. The van der Waals surface area contributed by atoms with Gasteiger partial charge in [-0.05, 0) is 31.2 Å². The van der Waals surface area contributed by atoms with E-state index < -0.39 is 12.8 Å². The van der Waals surface area contributed by atoms with Crippen molar-refractivity contribution in [2.75, 3.05) is 51.3 Å². The first-order valence-electron chi connectivity index (χ1n) is 10.3. The minimum atomic E-state index is -4.29. The van der Waals surface area contributed by atoms with E-state index in [0.29, 0.717) is 45.5 Å². The molecule has 1 N–H and O–H groups in total. The van der Waals surface area contributed by atoms with Crippen LogP contribution >= 0.6 is 0 Å². The lowest BCUT2D eigenvalue weighted by Crippen LogP contribution is -2.53. The fraction of sp³-hybridized carbons (Fsp3) is 0.619. The molecule has 0 aliphatic carbocycles. The van der Waals surface area contributed by atoms with Crippen LogP contribution in [0.15, 0.2) is 24.3 Å². The Labute approximate surface area is 179 Å². The van der Waals surface area contributed by atoms with E-state index in [0.717, 1.165) is 11.3 Å². The Bertz CT molecular complexity index is 732. The smallest absolute Gasteiger partial charge is 0.411 e. The number of hydrogen-bond acceptors (Lipinski definition) is 6. The van der Waals surface area contributed by atoms with Crippen LogP contribution in [0.2, 0.25) is 0 Å². The molecule has 0 aromatic heterocycles. The summed E-state index contributed by atoms with van der Waals surface area (Å²) in [4.78, 5) is 26.4. The number of hydrogen-bond donors (Lipinski definition) is 1. The first kappa shape index (κ1) is 23.3. The van der Waals surface area contributed by atoms with Crippen molar-refractivity contribution in [3.63, 3.8) is 0 Å². The van der Waals surface area contributed by atoms with Crippen LogP contribution in [0.1, 0.15) is 24.3 Å². The molecule has 2 saturated heterocycles. The third-order valence-electron chi connectivity index (χ3n) is 5.77. The molecule has 172 valence electrons. The minimum absolute atomic E-state index is 0.0428. The van der Waals surface area contributed by atoms with Crippen LogP contribution in [0.3, 0.4) is 0 Å². The molecule has 2 aliphatic heterocycles. The highest BCUT2D eigenvalue weighted by molar-refractivity contribution is 5.77. The second-order valence-corrected chi connectivity index (χ2v) is 7.99. The van der Waals surface area contributed by atoms with Crippen LogP contribution in [0.25, 0.3) is 0 Å². The molecule has 10 heteroatoms. The second-order valence-electron chi connectivity index (χ2n) is 7.99. The Kier molecular flexibility index (Phi) is 7.77. The number of ether oxygens (including phenoxy) is 2. The van der Waals surface area contributed by atoms with Crippen molar-refractivity contribution in [1.82, 2.24) is 10.2 Å². The number of likely N-dealkylation sites (tertiary alicyclic amines) is 1. The highest BCUT2D eigenvalue weighted by Crippen LogP contribution is 2.31. The molecule has 0 saturated carbocycles. The summed E-state index contributed by atoms with van der Waals surface area (Å²) in [5.74, 6) is 0.375. The summed E-state index contributed by atoms with van der Waals surface area (Å²) >= 11 is 0. The number of anilines is 1. The Morgan fingerprint density at radius 3 is 2.48 bits per heavy atom. The van der Waals surface area contributed by atoms with Crippen molar-refractivity contribution in [1.29, 1.82) is 0 Å². The summed E-state index contributed by atoms with van der Waals surface area (Å²) in [7, 11) is 1.77. The van der Waals surface area contributed by atoms with Crippen molar-refractivity contribution in [3.05, 3.63) is 29.8 Å². The molecular formula is C21H28F3N3O4. The third-order valence-corrected chi connectivity index (χ3v) is 5.77. The van der Waals surface area contributed by atoms with Crippen molar-refractivity contribution >= 4 is 18.1 Å². The molecule has 1 aromatic rings. The Hall–Kier alpha value is -2.33. The van der Waals surface area contributed by atoms with E-state index in [1.165, 1.54) is 0 Å². The largest absolute Gasteiger partial charge is 0.466 e. The first-order chi connectivity index (χ1) is 14.8. The van der Waals surface area contributed by atoms with Gasteiger partial charge in [-0.1, -0.05) is 12.1 Å². The van der Waals surface area contributed by atoms with Crippen LogP contribution < -0.4 is 10.2 Å². The van der Waals surface area contributed by atoms with Crippen molar-refractivity contribution < 1.29 is 32.2 Å². The summed E-state index contributed by atoms with van der Waals surface area (Å²) in [5, 5.41) is 3.03. The number of benzene rings is 1. The molecule has 1 amide bonds. The van der Waals surface area contributed by atoms with Gasteiger partial charge in [0.05, 0.1) is 6.10 Å². The standard InChI is InChI=1S/C21H28F3N3O4/c1-25-17(12-30-14-28)4-7-20(29)27-8-16(9-27)15-2-5-18(6-3-15)26-10-19(11-26)31-13-21(22,23)24/h2-3,5-6,14,16-17,19,25H,4,7-13H2,1H3. The second kappa shape index (κ2) is 10.3. The van der Waals surface area contributed by atoms with Gasteiger partial charge in [-0.3, -0.25) is 9.59 Å². The first-order valence-corrected chi connectivity index (χ1v) is 10.3. The van der Waals surface area contributed by atoms with Crippen molar-refractivity contribution in [2.24, 2.45) is 0 Å². The molecule has 1 atom stereocenters. The molecule has 2 heterocycles. The predicted molar refractivity (Wildman–Crippen MR) is 108 cm³/mol. The van der Waals surface area contributed by atoms with Gasteiger partial charge < -0.3 is 24.6 Å². The van der Waals surface area contributed by atoms with E-state index in [9.17, 15) is 22.8 Å². The molecule has 0 radical (unpaired) electrons. The average molecular weight is 443 g/mol. The lowest BCUT2D eigenvalue weighted by Gasteiger charge is -2.42. The number of alkyl halides is 3. The van der Waals surface area contributed by atoms with Gasteiger partial charge in [0.15, 0.2) is 0 Å². The topological polar surface area (TPSA) is 71.1 Å². The van der Waals surface area contributed by atoms with Gasteiger partial charge in [0.25, 0.3) is 6.47 Å². The zero-order valence-corrected chi connectivity index (χ0v) is 17.4. The van der Waals surface area contributed by atoms with E-state index >= 15 is 0 Å². The summed E-state index contributed by atoms with van der Waals surface area (Å²) in [6.07, 6.45) is -3.69. The van der Waals surface area contributed by atoms with Crippen LogP contribution in [0.5, 0.6) is 0 Å². The molecule has 7 nitrogen and oxygen atoms in total. The van der Waals surface area contributed by atoms with E-state index in [-0.39, 0.29) is 30.6 Å². The number of carbonyl (C=O) groups excluding carboxylic acids is 2. The Morgan fingerprint density at radius 1 is 1.23 bits per heavy atom. The summed E-state index contributed by atoms with van der Waals surface area (Å²) in [6.45, 7) is 1.69. The number of carbonyl (C=O) groups is 2. The maximum atomic E-state index is 12.3. The molecule has 0 spiro atoms. The van der Waals surface area contributed by atoms with E-state index in [2.05, 4.69) is 5.32 Å². The van der Waals surface area contributed by atoms with Gasteiger partial charge in [0.2, 0.25) is 5.91 Å². The lowest BCUT2D eigenvalue weighted by atomic mass is 9.90.